The summed E-state index contributed by atoms with van der Waals surface area (Å²) in [4.78, 5) is 0. The zero-order chi connectivity index (χ0) is 16.4. The van der Waals surface area contributed by atoms with Crippen LogP contribution >= 0.6 is 0 Å². The summed E-state index contributed by atoms with van der Waals surface area (Å²) in [5.74, 6) is 5.96. The molecular formula is C21H32O2. The minimum absolute atomic E-state index is 0.0909. The van der Waals surface area contributed by atoms with Crippen LogP contribution < -0.4 is 0 Å². The number of hydrogen-bond donors (Lipinski definition) is 2. The molecule has 9 atom stereocenters. The Hall–Kier alpha value is -0.520. The highest BCUT2D eigenvalue weighted by Crippen LogP contribution is 2.67. The first-order valence-corrected chi connectivity index (χ1v) is 9.72. The highest BCUT2D eigenvalue weighted by molar-refractivity contribution is 5.15. The molecule has 4 fully saturated rings. The summed E-state index contributed by atoms with van der Waals surface area (Å²) >= 11 is 0. The lowest BCUT2D eigenvalue weighted by atomic mass is 9.43. The molecule has 4 aliphatic carbocycles. The SMILES string of the molecule is C#C[C@@H]1C[C@H]2C[C@H](O)CC[C@]2(C)[C@H]2CC[C@]3(C)C(O)CC[C@H]3[C@H]12. The van der Waals surface area contributed by atoms with Crippen LogP contribution in [0.5, 0.6) is 0 Å². The molecule has 1 unspecified atom stereocenters. The Balaban J connectivity index is 1.71. The third-order valence-electron chi connectivity index (χ3n) is 8.85. The van der Waals surface area contributed by atoms with Gasteiger partial charge in [-0.3, -0.25) is 0 Å². The predicted molar refractivity (Wildman–Crippen MR) is 91.4 cm³/mol. The minimum atomic E-state index is -0.134. The van der Waals surface area contributed by atoms with Gasteiger partial charge in [0, 0.05) is 5.92 Å². The van der Waals surface area contributed by atoms with Gasteiger partial charge >= 0.3 is 0 Å². The number of terminal acetylenes is 1. The van der Waals surface area contributed by atoms with Gasteiger partial charge < -0.3 is 10.2 Å². The van der Waals surface area contributed by atoms with Crippen molar-refractivity contribution in [3.63, 3.8) is 0 Å². The Morgan fingerprint density at radius 1 is 0.913 bits per heavy atom. The van der Waals surface area contributed by atoms with Gasteiger partial charge in [0.2, 0.25) is 0 Å². The normalized spacial score (nSPS) is 58.7. The molecule has 0 aliphatic heterocycles. The maximum Gasteiger partial charge on any atom is 0.0596 e. The number of hydrogen-bond acceptors (Lipinski definition) is 2. The van der Waals surface area contributed by atoms with E-state index in [1.807, 2.05) is 0 Å². The molecule has 0 amide bonds. The van der Waals surface area contributed by atoms with E-state index in [0.29, 0.717) is 35.0 Å². The molecule has 2 nitrogen and oxygen atoms in total. The molecule has 0 heterocycles. The molecule has 0 saturated heterocycles. The lowest BCUT2D eigenvalue weighted by Gasteiger charge is -2.62. The van der Waals surface area contributed by atoms with Crippen LogP contribution in [0.4, 0.5) is 0 Å². The average Bonchev–Trinajstić information content (AvgIpc) is 2.83. The molecule has 0 spiro atoms. The quantitative estimate of drug-likeness (QED) is 0.670. The van der Waals surface area contributed by atoms with Crippen LogP contribution in [0, 0.1) is 52.8 Å². The van der Waals surface area contributed by atoms with E-state index in [1.54, 1.807) is 0 Å². The van der Waals surface area contributed by atoms with Crippen molar-refractivity contribution in [2.24, 2.45) is 40.4 Å². The largest absolute Gasteiger partial charge is 0.393 e. The van der Waals surface area contributed by atoms with Crippen molar-refractivity contribution >= 4 is 0 Å². The summed E-state index contributed by atoms with van der Waals surface area (Å²) in [5.41, 5.74) is 0.444. The molecule has 0 aromatic carbocycles. The molecule has 2 N–H and O–H groups in total. The predicted octanol–water partition coefficient (Wildman–Crippen LogP) is 3.61. The number of rotatable bonds is 0. The van der Waals surface area contributed by atoms with Crippen LogP contribution in [-0.2, 0) is 0 Å². The van der Waals surface area contributed by atoms with E-state index in [4.69, 9.17) is 6.42 Å². The molecule has 0 aromatic rings. The fourth-order valence-electron chi connectivity index (χ4n) is 7.39. The van der Waals surface area contributed by atoms with Crippen LogP contribution in [0.3, 0.4) is 0 Å². The van der Waals surface area contributed by atoms with Crippen molar-refractivity contribution in [1.82, 2.24) is 0 Å². The van der Waals surface area contributed by atoms with Crippen molar-refractivity contribution < 1.29 is 10.2 Å². The van der Waals surface area contributed by atoms with E-state index in [9.17, 15) is 10.2 Å². The summed E-state index contributed by atoms with van der Waals surface area (Å²) in [6.07, 6.45) is 14.4. The van der Waals surface area contributed by atoms with Gasteiger partial charge in [0.1, 0.15) is 0 Å². The first-order chi connectivity index (χ1) is 10.9. The second-order valence-electron chi connectivity index (χ2n) is 9.57. The highest BCUT2D eigenvalue weighted by Gasteiger charge is 2.62. The summed E-state index contributed by atoms with van der Waals surface area (Å²) in [7, 11) is 0. The highest BCUT2D eigenvalue weighted by atomic mass is 16.3. The van der Waals surface area contributed by atoms with Gasteiger partial charge in [0.25, 0.3) is 0 Å². The van der Waals surface area contributed by atoms with Crippen molar-refractivity contribution in [2.45, 2.75) is 77.4 Å². The van der Waals surface area contributed by atoms with Crippen LogP contribution in [0.1, 0.15) is 65.2 Å². The molecule has 128 valence electrons. The Bertz CT molecular complexity index is 522. The molecule has 23 heavy (non-hydrogen) atoms. The van der Waals surface area contributed by atoms with Crippen LogP contribution in [0.2, 0.25) is 0 Å². The van der Waals surface area contributed by atoms with Crippen molar-refractivity contribution in [3.8, 4) is 12.3 Å². The molecule has 2 heteroatoms. The lowest BCUT2D eigenvalue weighted by Crippen LogP contribution is -2.57. The smallest absolute Gasteiger partial charge is 0.0596 e. The molecule has 0 bridgehead atoms. The van der Waals surface area contributed by atoms with Gasteiger partial charge in [0.05, 0.1) is 12.2 Å². The number of aliphatic hydroxyl groups excluding tert-OH is 2. The molecule has 0 aromatic heterocycles. The molecule has 0 radical (unpaired) electrons. The molecule has 4 rings (SSSR count). The fraction of sp³-hybridized carbons (Fsp3) is 0.905. The first-order valence-electron chi connectivity index (χ1n) is 9.72. The van der Waals surface area contributed by atoms with E-state index in [2.05, 4.69) is 19.8 Å². The average molecular weight is 316 g/mol. The topological polar surface area (TPSA) is 40.5 Å². The standard InChI is InChI=1S/C21H32O2/c1-4-13-11-14-12-15(22)7-9-20(14,2)17-8-10-21(3)16(19(13)17)5-6-18(21)23/h1,13-19,22-23H,5-12H2,2-3H3/t13-,14+,15-,16+,17+,18?,19+,20+,21+/m1/s1. The minimum Gasteiger partial charge on any atom is -0.393 e. The van der Waals surface area contributed by atoms with Gasteiger partial charge in [-0.1, -0.05) is 13.8 Å². The summed E-state index contributed by atoms with van der Waals surface area (Å²) in [6, 6.07) is 0. The first kappa shape index (κ1) is 16.0. The number of fused-ring (bicyclic) bond motifs is 5. The number of aliphatic hydroxyl groups is 2. The van der Waals surface area contributed by atoms with Gasteiger partial charge in [-0.15, -0.1) is 12.3 Å². The molecule has 4 aliphatic rings. The van der Waals surface area contributed by atoms with Gasteiger partial charge in [-0.25, -0.2) is 0 Å². The van der Waals surface area contributed by atoms with E-state index < -0.39 is 0 Å². The Morgan fingerprint density at radius 3 is 2.35 bits per heavy atom. The Morgan fingerprint density at radius 2 is 1.61 bits per heavy atom. The van der Waals surface area contributed by atoms with Crippen molar-refractivity contribution in [3.05, 3.63) is 0 Å². The maximum absolute atomic E-state index is 10.6. The Labute approximate surface area is 141 Å². The van der Waals surface area contributed by atoms with Crippen LogP contribution in [-0.4, -0.2) is 22.4 Å². The van der Waals surface area contributed by atoms with E-state index in [1.165, 1.54) is 6.42 Å². The second-order valence-corrected chi connectivity index (χ2v) is 9.57. The summed E-state index contributed by atoms with van der Waals surface area (Å²) < 4.78 is 0. The van der Waals surface area contributed by atoms with E-state index in [-0.39, 0.29) is 17.6 Å². The summed E-state index contributed by atoms with van der Waals surface area (Å²) in [5, 5.41) is 20.7. The third kappa shape index (κ3) is 2.09. The van der Waals surface area contributed by atoms with E-state index in [0.717, 1.165) is 44.9 Å². The van der Waals surface area contributed by atoms with Crippen LogP contribution in [0.25, 0.3) is 0 Å². The second kappa shape index (κ2) is 5.24. The third-order valence-corrected chi connectivity index (χ3v) is 8.85. The van der Waals surface area contributed by atoms with Gasteiger partial charge in [-0.2, -0.15) is 0 Å². The zero-order valence-corrected chi connectivity index (χ0v) is 14.7. The monoisotopic (exact) mass is 316 g/mol. The maximum atomic E-state index is 10.6. The van der Waals surface area contributed by atoms with Gasteiger partial charge in [-0.05, 0) is 85.9 Å². The van der Waals surface area contributed by atoms with E-state index >= 15 is 0 Å². The van der Waals surface area contributed by atoms with Crippen molar-refractivity contribution in [2.75, 3.05) is 0 Å². The van der Waals surface area contributed by atoms with Gasteiger partial charge in [0.15, 0.2) is 0 Å². The van der Waals surface area contributed by atoms with Crippen molar-refractivity contribution in [1.29, 1.82) is 0 Å². The Kier molecular flexibility index (Phi) is 3.64. The molecular weight excluding hydrogens is 284 g/mol. The van der Waals surface area contributed by atoms with Crippen LogP contribution in [0.15, 0.2) is 0 Å². The molecule has 4 saturated carbocycles. The fourth-order valence-corrected chi connectivity index (χ4v) is 7.39. The zero-order valence-electron chi connectivity index (χ0n) is 14.7. The summed E-state index contributed by atoms with van der Waals surface area (Å²) in [6.45, 7) is 4.81. The lowest BCUT2D eigenvalue weighted by molar-refractivity contribution is -0.147.